The first-order valence-electron chi connectivity index (χ1n) is 9.07. The number of ether oxygens (including phenoxy) is 1. The zero-order valence-corrected chi connectivity index (χ0v) is 15.3. The molecule has 0 unspecified atom stereocenters. The molecule has 0 bridgehead atoms. The van der Waals surface area contributed by atoms with Crippen LogP contribution in [0, 0.1) is 0 Å². The Hall–Kier alpha value is -3.16. The van der Waals surface area contributed by atoms with Crippen LogP contribution in [-0.4, -0.2) is 44.7 Å². The van der Waals surface area contributed by atoms with Crippen molar-refractivity contribution in [3.05, 3.63) is 54.4 Å². The molecule has 1 aliphatic heterocycles. The van der Waals surface area contributed by atoms with Crippen molar-refractivity contribution < 1.29 is 4.74 Å². The summed E-state index contributed by atoms with van der Waals surface area (Å²) in [6.07, 6.45) is 7.86. The third-order valence-electron chi connectivity index (χ3n) is 4.83. The van der Waals surface area contributed by atoms with Gasteiger partial charge in [0, 0.05) is 43.7 Å². The van der Waals surface area contributed by atoms with E-state index in [-0.39, 0.29) is 5.95 Å². The van der Waals surface area contributed by atoms with Crippen molar-refractivity contribution in [2.24, 2.45) is 0 Å². The van der Waals surface area contributed by atoms with Crippen molar-refractivity contribution in [2.75, 3.05) is 30.8 Å². The monoisotopic (exact) mass is 365 g/mol. The van der Waals surface area contributed by atoms with Gasteiger partial charge in [-0.15, -0.1) is 0 Å². The fourth-order valence-corrected chi connectivity index (χ4v) is 3.57. The Morgan fingerprint density at radius 2 is 2.15 bits per heavy atom. The molecule has 27 heavy (non-hydrogen) atoms. The molecule has 0 amide bonds. The summed E-state index contributed by atoms with van der Waals surface area (Å²) >= 11 is 0. The van der Waals surface area contributed by atoms with Crippen LogP contribution in [0.1, 0.15) is 30.3 Å². The first kappa shape index (κ1) is 17.3. The number of pyridine rings is 1. The predicted octanol–water partition coefficient (Wildman–Crippen LogP) is 2.09. The highest BCUT2D eigenvalue weighted by Crippen LogP contribution is 2.30. The summed E-state index contributed by atoms with van der Waals surface area (Å²) in [6.45, 7) is 2.48. The maximum atomic E-state index is 5.83. The van der Waals surface area contributed by atoms with Crippen LogP contribution in [0.3, 0.4) is 0 Å². The van der Waals surface area contributed by atoms with Gasteiger partial charge in [0.2, 0.25) is 11.8 Å². The largest absolute Gasteiger partial charge is 0.481 e. The molecule has 0 radical (unpaired) electrons. The second kappa shape index (κ2) is 7.61. The summed E-state index contributed by atoms with van der Waals surface area (Å²) < 4.78 is 7.42. The summed E-state index contributed by atoms with van der Waals surface area (Å²) in [5.41, 5.74) is 6.85. The topological polar surface area (TPSA) is 95.0 Å². The molecular weight excluding hydrogens is 342 g/mol. The Balaban J connectivity index is 1.54. The maximum absolute atomic E-state index is 5.83. The Labute approximate surface area is 158 Å². The van der Waals surface area contributed by atoms with Crippen molar-refractivity contribution in [3.8, 4) is 5.88 Å². The Bertz CT molecular complexity index is 896. The van der Waals surface area contributed by atoms with Gasteiger partial charge in [0.1, 0.15) is 11.6 Å². The number of methoxy groups -OCH3 is 1. The van der Waals surface area contributed by atoms with E-state index in [0.29, 0.717) is 11.8 Å². The van der Waals surface area contributed by atoms with Crippen LogP contribution in [-0.2, 0) is 6.54 Å². The number of rotatable bonds is 5. The van der Waals surface area contributed by atoms with E-state index in [2.05, 4.69) is 29.4 Å². The lowest BCUT2D eigenvalue weighted by atomic mass is 9.97. The van der Waals surface area contributed by atoms with Gasteiger partial charge in [-0.2, -0.15) is 9.97 Å². The number of anilines is 2. The van der Waals surface area contributed by atoms with E-state index in [1.165, 1.54) is 0 Å². The van der Waals surface area contributed by atoms with E-state index in [4.69, 9.17) is 10.5 Å². The Kier molecular flexibility index (Phi) is 4.86. The van der Waals surface area contributed by atoms with E-state index < -0.39 is 0 Å². The number of aromatic nitrogens is 5. The molecule has 1 fully saturated rings. The minimum Gasteiger partial charge on any atom is -0.481 e. The average molecular weight is 365 g/mol. The minimum atomic E-state index is 0.225. The zero-order chi connectivity index (χ0) is 18.6. The Morgan fingerprint density at radius 1 is 1.22 bits per heavy atom. The lowest BCUT2D eigenvalue weighted by Gasteiger charge is -2.33. The molecule has 8 nitrogen and oxygen atoms in total. The number of piperidine rings is 1. The molecule has 4 heterocycles. The van der Waals surface area contributed by atoms with E-state index in [9.17, 15) is 0 Å². The molecule has 3 aromatic rings. The number of hydrogen-bond acceptors (Lipinski definition) is 7. The minimum absolute atomic E-state index is 0.225. The molecule has 0 spiro atoms. The number of nitrogens with zero attached hydrogens (tertiary/aromatic N) is 6. The van der Waals surface area contributed by atoms with Crippen molar-refractivity contribution >= 4 is 11.8 Å². The predicted molar refractivity (Wildman–Crippen MR) is 103 cm³/mol. The van der Waals surface area contributed by atoms with Crippen LogP contribution in [0.15, 0.2) is 42.9 Å². The SMILES string of the molecule is COc1cc(N2CCC[C@H](c3nccn3Cc3ccccn3)C2)nc(N)n1. The summed E-state index contributed by atoms with van der Waals surface area (Å²) in [6, 6.07) is 7.80. The fraction of sp³-hybridized carbons (Fsp3) is 0.368. The number of nitrogen functional groups attached to an aromatic ring is 1. The molecule has 0 saturated carbocycles. The summed E-state index contributed by atoms with van der Waals surface area (Å²) in [7, 11) is 1.58. The van der Waals surface area contributed by atoms with E-state index in [1.54, 1.807) is 7.11 Å². The molecule has 1 atom stereocenters. The summed E-state index contributed by atoms with van der Waals surface area (Å²) in [4.78, 5) is 19.8. The van der Waals surface area contributed by atoms with E-state index >= 15 is 0 Å². The lowest BCUT2D eigenvalue weighted by molar-refractivity contribution is 0.397. The molecule has 1 aliphatic rings. The molecular formula is C19H23N7O. The van der Waals surface area contributed by atoms with Crippen LogP contribution in [0.4, 0.5) is 11.8 Å². The molecule has 8 heteroatoms. The first-order chi connectivity index (χ1) is 13.2. The molecule has 1 saturated heterocycles. The first-order valence-corrected chi connectivity index (χ1v) is 9.07. The fourth-order valence-electron chi connectivity index (χ4n) is 3.57. The van der Waals surface area contributed by atoms with E-state index in [0.717, 1.165) is 49.8 Å². The van der Waals surface area contributed by atoms with Crippen LogP contribution in [0.25, 0.3) is 0 Å². The molecule has 0 aliphatic carbocycles. The van der Waals surface area contributed by atoms with Crippen LogP contribution in [0.2, 0.25) is 0 Å². The lowest BCUT2D eigenvalue weighted by Crippen LogP contribution is -2.36. The average Bonchev–Trinajstić information content (AvgIpc) is 3.16. The quantitative estimate of drug-likeness (QED) is 0.740. The highest BCUT2D eigenvalue weighted by molar-refractivity contribution is 5.46. The number of nitrogens with two attached hydrogens (primary N) is 1. The zero-order valence-electron chi connectivity index (χ0n) is 15.3. The van der Waals surface area contributed by atoms with Crippen molar-refractivity contribution in [2.45, 2.75) is 25.3 Å². The van der Waals surface area contributed by atoms with Crippen LogP contribution >= 0.6 is 0 Å². The molecule has 3 aromatic heterocycles. The maximum Gasteiger partial charge on any atom is 0.225 e. The second-order valence-corrected chi connectivity index (χ2v) is 6.65. The number of hydrogen-bond donors (Lipinski definition) is 1. The van der Waals surface area contributed by atoms with Crippen LogP contribution < -0.4 is 15.4 Å². The number of imidazole rings is 1. The third kappa shape index (κ3) is 3.84. The molecule has 4 rings (SSSR count). The van der Waals surface area contributed by atoms with Gasteiger partial charge in [-0.05, 0) is 25.0 Å². The second-order valence-electron chi connectivity index (χ2n) is 6.65. The van der Waals surface area contributed by atoms with Crippen molar-refractivity contribution in [1.29, 1.82) is 0 Å². The molecule has 0 aromatic carbocycles. The van der Waals surface area contributed by atoms with Gasteiger partial charge in [-0.1, -0.05) is 6.07 Å². The smallest absolute Gasteiger partial charge is 0.225 e. The van der Waals surface area contributed by atoms with E-state index in [1.807, 2.05) is 42.9 Å². The van der Waals surface area contributed by atoms with Gasteiger partial charge in [0.25, 0.3) is 0 Å². The highest BCUT2D eigenvalue weighted by atomic mass is 16.5. The van der Waals surface area contributed by atoms with Crippen molar-refractivity contribution in [3.63, 3.8) is 0 Å². The summed E-state index contributed by atoms with van der Waals surface area (Å²) in [5.74, 6) is 2.91. The summed E-state index contributed by atoms with van der Waals surface area (Å²) in [5, 5.41) is 0. The van der Waals surface area contributed by atoms with Crippen LogP contribution in [0.5, 0.6) is 5.88 Å². The van der Waals surface area contributed by atoms with Crippen molar-refractivity contribution in [1.82, 2.24) is 24.5 Å². The standard InChI is InChI=1S/C19H23N7O/c1-27-17-11-16(23-19(20)24-17)25-9-4-5-14(12-25)18-22-8-10-26(18)13-15-6-2-3-7-21-15/h2-3,6-8,10-11,14H,4-5,9,12-13H2,1H3,(H2,20,23,24)/t14-/m0/s1. The van der Waals surface area contributed by atoms with Gasteiger partial charge in [-0.3, -0.25) is 4.98 Å². The molecule has 140 valence electrons. The van der Waals surface area contributed by atoms with Gasteiger partial charge in [-0.25, -0.2) is 4.98 Å². The van der Waals surface area contributed by atoms with Gasteiger partial charge < -0.3 is 19.9 Å². The van der Waals surface area contributed by atoms with Gasteiger partial charge in [0.15, 0.2) is 0 Å². The Morgan fingerprint density at radius 3 is 2.96 bits per heavy atom. The molecule has 2 N–H and O–H groups in total. The van der Waals surface area contributed by atoms with Gasteiger partial charge >= 0.3 is 0 Å². The highest BCUT2D eigenvalue weighted by Gasteiger charge is 2.26. The normalized spacial score (nSPS) is 17.1. The third-order valence-corrected chi connectivity index (χ3v) is 4.83. The van der Waals surface area contributed by atoms with Gasteiger partial charge in [0.05, 0.1) is 19.3 Å².